The Balaban J connectivity index is 2.56. The first kappa shape index (κ1) is 29.9. The molecule has 0 aromatic rings. The van der Waals surface area contributed by atoms with Crippen molar-refractivity contribution in [3.8, 4) is 0 Å². The summed E-state index contributed by atoms with van der Waals surface area (Å²) in [6.45, 7) is 26.1. The van der Waals surface area contributed by atoms with Gasteiger partial charge in [-0.25, -0.2) is 0 Å². The topological polar surface area (TPSA) is 3.24 Å². The van der Waals surface area contributed by atoms with Crippen LogP contribution in [0, 0.1) is 10.8 Å². The van der Waals surface area contributed by atoms with Gasteiger partial charge in [-0.05, 0) is 86.0 Å². The Kier molecular flexibility index (Phi) is 10.9. The predicted molar refractivity (Wildman–Crippen MR) is 161 cm³/mol. The van der Waals surface area contributed by atoms with Crippen molar-refractivity contribution in [3.05, 3.63) is 70.5 Å². The molecule has 2 rings (SSSR count). The quantitative estimate of drug-likeness (QED) is 0.168. The summed E-state index contributed by atoms with van der Waals surface area (Å²) in [5, 5.41) is 0. The summed E-state index contributed by atoms with van der Waals surface area (Å²) >= 11 is 4.00. The van der Waals surface area contributed by atoms with Crippen molar-refractivity contribution >= 4 is 15.9 Å². The minimum absolute atomic E-state index is 0.167. The maximum Gasteiger partial charge on any atom is 0.0425 e. The molecule has 35 heavy (non-hydrogen) atoms. The highest BCUT2D eigenvalue weighted by molar-refractivity contribution is 9.09. The van der Waals surface area contributed by atoms with Crippen molar-refractivity contribution < 1.29 is 0 Å². The first-order valence-electron chi connectivity index (χ1n) is 13.8. The fraction of sp³-hybridized carbons (Fsp3) is 0.636. The maximum atomic E-state index is 4.49. The van der Waals surface area contributed by atoms with E-state index in [-0.39, 0.29) is 10.8 Å². The maximum absolute atomic E-state index is 4.49. The fourth-order valence-electron chi connectivity index (χ4n) is 5.13. The first-order chi connectivity index (χ1) is 16.3. The van der Waals surface area contributed by atoms with Crippen LogP contribution in [0.5, 0.6) is 0 Å². The second-order valence-corrected chi connectivity index (χ2v) is 13.9. The van der Waals surface area contributed by atoms with Crippen molar-refractivity contribution in [1.29, 1.82) is 0 Å². The Morgan fingerprint density at radius 1 is 1.09 bits per heavy atom. The van der Waals surface area contributed by atoms with E-state index in [1.165, 1.54) is 65.7 Å². The van der Waals surface area contributed by atoms with Crippen molar-refractivity contribution in [2.24, 2.45) is 10.8 Å². The largest absolute Gasteiger partial charge is 0.364 e. The summed E-state index contributed by atoms with van der Waals surface area (Å²) in [4.78, 5) is 3.31. The van der Waals surface area contributed by atoms with Crippen LogP contribution < -0.4 is 0 Å². The number of halogens is 1. The number of allylic oxidation sites excluding steroid dienone is 9. The fourth-order valence-corrected chi connectivity index (χ4v) is 5.89. The number of alkyl halides is 1. The van der Waals surface area contributed by atoms with E-state index in [1.807, 2.05) is 0 Å². The standard InChI is InChI=1S/C33H52BrN/c1-11-33(9,10)26(5)21-25(4)31(24(2)3)35(30-18-13-12-17-29(34)22-30)23-27-15-14-16-28(20-19-27)32(6,7)8/h14,16,19-21,29-30H,2,11-13,15,17-18,22-23H2,1,3-10H3/b26-21+,31-25+. The van der Waals surface area contributed by atoms with E-state index in [4.69, 9.17) is 0 Å². The lowest BCUT2D eigenvalue weighted by Crippen LogP contribution is -2.38. The molecule has 2 atom stereocenters. The van der Waals surface area contributed by atoms with Gasteiger partial charge in [0.2, 0.25) is 0 Å². The van der Waals surface area contributed by atoms with Crippen LogP contribution in [0.2, 0.25) is 0 Å². The molecule has 0 radical (unpaired) electrons. The molecule has 1 saturated carbocycles. The van der Waals surface area contributed by atoms with Crippen molar-refractivity contribution in [2.75, 3.05) is 6.54 Å². The van der Waals surface area contributed by atoms with Gasteiger partial charge in [0.25, 0.3) is 0 Å². The van der Waals surface area contributed by atoms with Crippen LogP contribution in [-0.2, 0) is 0 Å². The zero-order valence-electron chi connectivity index (χ0n) is 24.2. The van der Waals surface area contributed by atoms with Gasteiger partial charge in [-0.3, -0.25) is 0 Å². The molecule has 1 fully saturated rings. The Hall–Kier alpha value is -1.28. The smallest absolute Gasteiger partial charge is 0.0425 e. The van der Waals surface area contributed by atoms with Gasteiger partial charge in [0.15, 0.2) is 0 Å². The third-order valence-electron chi connectivity index (χ3n) is 8.14. The van der Waals surface area contributed by atoms with E-state index in [0.29, 0.717) is 10.9 Å². The molecule has 0 heterocycles. The molecule has 1 nitrogen and oxygen atoms in total. The van der Waals surface area contributed by atoms with Crippen LogP contribution in [0.25, 0.3) is 0 Å². The van der Waals surface area contributed by atoms with Crippen LogP contribution in [0.3, 0.4) is 0 Å². The lowest BCUT2D eigenvalue weighted by molar-refractivity contribution is 0.250. The van der Waals surface area contributed by atoms with Gasteiger partial charge in [-0.15, -0.1) is 0 Å². The van der Waals surface area contributed by atoms with Gasteiger partial charge in [-0.2, -0.15) is 0 Å². The highest BCUT2D eigenvalue weighted by Gasteiger charge is 2.28. The molecule has 0 saturated heterocycles. The van der Waals surface area contributed by atoms with E-state index in [0.717, 1.165) is 19.4 Å². The van der Waals surface area contributed by atoms with Gasteiger partial charge < -0.3 is 4.90 Å². The van der Waals surface area contributed by atoms with Crippen LogP contribution in [0.1, 0.15) is 107 Å². The van der Waals surface area contributed by atoms with E-state index < -0.39 is 0 Å². The van der Waals surface area contributed by atoms with Crippen LogP contribution in [0.15, 0.2) is 70.5 Å². The predicted octanol–water partition coefficient (Wildman–Crippen LogP) is 10.5. The van der Waals surface area contributed by atoms with Crippen LogP contribution in [-0.4, -0.2) is 22.3 Å². The normalized spacial score (nSPS) is 23.1. The zero-order chi connectivity index (χ0) is 26.4. The highest BCUT2D eigenvalue weighted by atomic mass is 79.9. The van der Waals surface area contributed by atoms with E-state index >= 15 is 0 Å². The highest BCUT2D eigenvalue weighted by Crippen LogP contribution is 2.36. The van der Waals surface area contributed by atoms with Gasteiger partial charge >= 0.3 is 0 Å². The van der Waals surface area contributed by atoms with E-state index in [2.05, 4.69) is 120 Å². The van der Waals surface area contributed by atoms with Crippen molar-refractivity contribution in [2.45, 2.75) is 118 Å². The molecule has 0 spiro atoms. The first-order valence-corrected chi connectivity index (χ1v) is 14.7. The number of hydrogen-bond donors (Lipinski definition) is 0. The van der Waals surface area contributed by atoms with Crippen LogP contribution in [0.4, 0.5) is 0 Å². The second kappa shape index (κ2) is 12.8. The van der Waals surface area contributed by atoms with Gasteiger partial charge in [-0.1, -0.05) is 113 Å². The SMILES string of the molecule is C=C(C)/C(=C(C)\C=C(/C)C(C)(C)CC)N(CC1=CC=C(C(C)(C)C)C=CC1)C1CCCCC(Br)C1. The third kappa shape index (κ3) is 8.66. The molecule has 2 aliphatic carbocycles. The zero-order valence-corrected chi connectivity index (χ0v) is 25.8. The monoisotopic (exact) mass is 541 g/mol. The Bertz CT molecular complexity index is 900. The molecule has 2 aliphatic rings. The van der Waals surface area contributed by atoms with Gasteiger partial charge in [0, 0.05) is 23.1 Å². The molecular formula is C33H52BrN. The van der Waals surface area contributed by atoms with Crippen molar-refractivity contribution in [3.63, 3.8) is 0 Å². The molecule has 0 aromatic heterocycles. The summed E-state index contributed by atoms with van der Waals surface area (Å²) in [6.07, 6.45) is 20.4. The summed E-state index contributed by atoms with van der Waals surface area (Å²) in [6, 6.07) is 0.524. The Labute approximate surface area is 226 Å². The molecular weight excluding hydrogens is 490 g/mol. The Morgan fingerprint density at radius 3 is 2.34 bits per heavy atom. The minimum atomic E-state index is 0.167. The summed E-state index contributed by atoms with van der Waals surface area (Å²) in [7, 11) is 0. The van der Waals surface area contributed by atoms with Gasteiger partial charge in [0.1, 0.15) is 0 Å². The molecule has 0 amide bonds. The molecule has 2 heteroatoms. The van der Waals surface area contributed by atoms with Gasteiger partial charge in [0.05, 0.1) is 0 Å². The molecule has 0 aromatic carbocycles. The summed E-state index contributed by atoms with van der Waals surface area (Å²) < 4.78 is 0. The molecule has 0 N–H and O–H groups in total. The number of hydrogen-bond acceptors (Lipinski definition) is 1. The van der Waals surface area contributed by atoms with E-state index in [9.17, 15) is 0 Å². The molecule has 2 unspecified atom stereocenters. The Morgan fingerprint density at radius 2 is 1.74 bits per heavy atom. The number of rotatable bonds is 8. The summed E-state index contributed by atoms with van der Waals surface area (Å²) in [5.74, 6) is 0. The average Bonchev–Trinajstić information content (AvgIpc) is 3.12. The molecule has 196 valence electrons. The lowest BCUT2D eigenvalue weighted by atomic mass is 9.81. The third-order valence-corrected chi connectivity index (χ3v) is 8.97. The van der Waals surface area contributed by atoms with E-state index in [1.54, 1.807) is 0 Å². The summed E-state index contributed by atoms with van der Waals surface area (Å²) in [5.41, 5.74) is 8.58. The van der Waals surface area contributed by atoms with Crippen LogP contribution >= 0.6 is 15.9 Å². The number of nitrogens with zero attached hydrogens (tertiary/aromatic N) is 1. The molecule has 0 bridgehead atoms. The lowest BCUT2D eigenvalue weighted by Gasteiger charge is -2.38. The van der Waals surface area contributed by atoms with Crippen molar-refractivity contribution in [1.82, 2.24) is 4.90 Å². The average molecular weight is 543 g/mol. The molecule has 0 aliphatic heterocycles. The minimum Gasteiger partial charge on any atom is -0.364 e. The second-order valence-electron chi connectivity index (χ2n) is 12.6.